The molecule has 4 N–H and O–H groups in total. The topological polar surface area (TPSA) is 127 Å². The second kappa shape index (κ2) is 7.41. The molecule has 9 nitrogen and oxygen atoms in total. The standard InChI is InChI=1S/C22H19FN8O/c1-11-5-3-4-6-16(11)31-20(28-15-8-7-13(23)9-14(15)21(31)32)12(2)27-19-17-18(26-10-25-17)29-22(24)30-19/h3-10,12H,1-2H3,(H4,24,25,26,27,29,30)/t12-/m0/s1. The van der Waals surface area contributed by atoms with Gasteiger partial charge in [-0.25, -0.2) is 14.4 Å². The number of nitrogens with two attached hydrogens (primary N) is 1. The van der Waals surface area contributed by atoms with Crippen molar-refractivity contribution < 1.29 is 4.39 Å². The van der Waals surface area contributed by atoms with Gasteiger partial charge in [0.1, 0.15) is 17.2 Å². The summed E-state index contributed by atoms with van der Waals surface area (Å²) in [6.45, 7) is 3.75. The monoisotopic (exact) mass is 430 g/mol. The van der Waals surface area contributed by atoms with Crippen LogP contribution in [0.2, 0.25) is 0 Å². The first-order chi connectivity index (χ1) is 15.4. The Morgan fingerprint density at radius 2 is 1.97 bits per heavy atom. The average Bonchev–Trinajstić information content (AvgIpc) is 3.23. The van der Waals surface area contributed by atoms with Crippen LogP contribution < -0.4 is 16.6 Å². The van der Waals surface area contributed by atoms with Crippen LogP contribution >= 0.6 is 0 Å². The summed E-state index contributed by atoms with van der Waals surface area (Å²) in [5.41, 5.74) is 8.41. The normalized spacial score (nSPS) is 12.3. The van der Waals surface area contributed by atoms with Crippen LogP contribution in [0.5, 0.6) is 0 Å². The minimum atomic E-state index is -0.496. The second-order valence-corrected chi connectivity index (χ2v) is 7.45. The molecule has 0 unspecified atom stereocenters. The van der Waals surface area contributed by atoms with Crippen molar-refractivity contribution in [2.24, 2.45) is 0 Å². The average molecular weight is 430 g/mol. The molecule has 0 saturated carbocycles. The van der Waals surface area contributed by atoms with Gasteiger partial charge in [-0.05, 0) is 43.7 Å². The number of anilines is 2. The molecule has 0 saturated heterocycles. The molecule has 3 heterocycles. The molecule has 1 atom stereocenters. The molecular weight excluding hydrogens is 411 g/mol. The Hall–Kier alpha value is -4.34. The molecule has 0 aliphatic carbocycles. The summed E-state index contributed by atoms with van der Waals surface area (Å²) in [6.07, 6.45) is 1.50. The smallest absolute Gasteiger partial charge is 0.266 e. The number of imidazole rings is 1. The number of nitrogens with one attached hydrogen (secondary N) is 2. The molecule has 0 aliphatic rings. The Labute approximate surface area is 181 Å². The molecule has 0 amide bonds. The molecule has 10 heteroatoms. The number of nitrogen functional groups attached to an aromatic ring is 1. The molecule has 0 aliphatic heterocycles. The zero-order chi connectivity index (χ0) is 22.4. The van der Waals surface area contributed by atoms with Gasteiger partial charge in [0.2, 0.25) is 5.95 Å². The third kappa shape index (κ3) is 3.22. The number of halogens is 1. The number of hydrogen-bond donors (Lipinski definition) is 3. The van der Waals surface area contributed by atoms with E-state index in [1.54, 1.807) is 0 Å². The van der Waals surface area contributed by atoms with E-state index in [1.807, 2.05) is 38.1 Å². The summed E-state index contributed by atoms with van der Waals surface area (Å²) in [4.78, 5) is 33.8. The third-order valence-corrected chi connectivity index (χ3v) is 5.25. The summed E-state index contributed by atoms with van der Waals surface area (Å²) < 4.78 is 15.4. The summed E-state index contributed by atoms with van der Waals surface area (Å²) >= 11 is 0. The number of benzene rings is 2. The van der Waals surface area contributed by atoms with Crippen molar-refractivity contribution in [3.8, 4) is 5.69 Å². The lowest BCUT2D eigenvalue weighted by atomic mass is 10.1. The first kappa shape index (κ1) is 19.6. The maximum absolute atomic E-state index is 13.9. The second-order valence-electron chi connectivity index (χ2n) is 7.45. The maximum Gasteiger partial charge on any atom is 0.266 e. The van der Waals surface area contributed by atoms with Gasteiger partial charge in [-0.3, -0.25) is 9.36 Å². The summed E-state index contributed by atoms with van der Waals surface area (Å²) in [7, 11) is 0. The maximum atomic E-state index is 13.9. The molecular formula is C22H19FN8O. The van der Waals surface area contributed by atoms with Gasteiger partial charge in [-0.2, -0.15) is 9.97 Å². The van der Waals surface area contributed by atoms with Crippen LogP contribution in [0.4, 0.5) is 16.2 Å². The highest BCUT2D eigenvalue weighted by molar-refractivity contribution is 5.83. The van der Waals surface area contributed by atoms with Crippen molar-refractivity contribution in [3.63, 3.8) is 0 Å². The lowest BCUT2D eigenvalue weighted by Crippen LogP contribution is -2.28. The molecule has 5 rings (SSSR count). The van der Waals surface area contributed by atoms with Crippen molar-refractivity contribution in [2.45, 2.75) is 19.9 Å². The molecule has 2 aromatic carbocycles. The minimum absolute atomic E-state index is 0.0784. The van der Waals surface area contributed by atoms with E-state index in [1.165, 1.54) is 29.1 Å². The van der Waals surface area contributed by atoms with Gasteiger partial charge < -0.3 is 16.0 Å². The number of aromatic amines is 1. The zero-order valence-electron chi connectivity index (χ0n) is 17.3. The summed E-state index contributed by atoms with van der Waals surface area (Å²) in [5, 5.41) is 3.45. The summed E-state index contributed by atoms with van der Waals surface area (Å²) in [5.74, 6) is 0.425. The van der Waals surface area contributed by atoms with Crippen molar-refractivity contribution in [3.05, 3.63) is 76.4 Å². The molecule has 160 valence electrons. The minimum Gasteiger partial charge on any atom is -0.368 e. The number of rotatable bonds is 4. The van der Waals surface area contributed by atoms with E-state index in [4.69, 9.17) is 10.7 Å². The van der Waals surface area contributed by atoms with Crippen LogP contribution in [0.1, 0.15) is 24.4 Å². The molecule has 3 aromatic heterocycles. The lowest BCUT2D eigenvalue weighted by Gasteiger charge is -2.21. The molecule has 32 heavy (non-hydrogen) atoms. The molecule has 0 bridgehead atoms. The van der Waals surface area contributed by atoms with Crippen molar-refractivity contribution >= 4 is 33.8 Å². The zero-order valence-corrected chi connectivity index (χ0v) is 17.3. The Morgan fingerprint density at radius 1 is 1.16 bits per heavy atom. The van der Waals surface area contributed by atoms with Gasteiger partial charge >= 0.3 is 0 Å². The van der Waals surface area contributed by atoms with Crippen LogP contribution in [0.3, 0.4) is 0 Å². The third-order valence-electron chi connectivity index (χ3n) is 5.25. The first-order valence-electron chi connectivity index (χ1n) is 9.93. The highest BCUT2D eigenvalue weighted by Crippen LogP contribution is 2.25. The largest absolute Gasteiger partial charge is 0.368 e. The van der Waals surface area contributed by atoms with Gasteiger partial charge in [-0.15, -0.1) is 0 Å². The van der Waals surface area contributed by atoms with E-state index < -0.39 is 11.9 Å². The molecule has 0 spiro atoms. The van der Waals surface area contributed by atoms with E-state index in [-0.39, 0.29) is 16.9 Å². The lowest BCUT2D eigenvalue weighted by molar-refractivity contribution is 0.629. The number of para-hydroxylation sites is 1. The van der Waals surface area contributed by atoms with Gasteiger partial charge in [-0.1, -0.05) is 18.2 Å². The predicted molar refractivity (Wildman–Crippen MR) is 120 cm³/mol. The quantitative estimate of drug-likeness (QED) is 0.399. The van der Waals surface area contributed by atoms with Crippen LogP contribution in [0, 0.1) is 12.7 Å². The van der Waals surface area contributed by atoms with E-state index in [2.05, 4.69) is 25.3 Å². The Kier molecular flexibility index (Phi) is 4.54. The number of fused-ring (bicyclic) bond motifs is 2. The highest BCUT2D eigenvalue weighted by Gasteiger charge is 2.21. The predicted octanol–water partition coefficient (Wildman–Crippen LogP) is 3.25. The Bertz CT molecular complexity index is 1540. The first-order valence-corrected chi connectivity index (χ1v) is 9.93. The summed E-state index contributed by atoms with van der Waals surface area (Å²) in [6, 6.07) is 11.0. The van der Waals surface area contributed by atoms with E-state index in [0.29, 0.717) is 34.0 Å². The van der Waals surface area contributed by atoms with Crippen LogP contribution in [-0.4, -0.2) is 29.5 Å². The number of H-pyrrole nitrogens is 1. The molecule has 0 fully saturated rings. The van der Waals surface area contributed by atoms with Crippen LogP contribution in [0.15, 0.2) is 53.6 Å². The van der Waals surface area contributed by atoms with E-state index in [0.717, 1.165) is 5.56 Å². The van der Waals surface area contributed by atoms with Crippen molar-refractivity contribution in [1.82, 2.24) is 29.5 Å². The van der Waals surface area contributed by atoms with E-state index in [9.17, 15) is 9.18 Å². The van der Waals surface area contributed by atoms with Gasteiger partial charge in [0.05, 0.1) is 29.0 Å². The number of aromatic nitrogens is 6. The number of hydrogen-bond acceptors (Lipinski definition) is 7. The van der Waals surface area contributed by atoms with Crippen molar-refractivity contribution in [1.29, 1.82) is 0 Å². The van der Waals surface area contributed by atoms with Gasteiger partial charge in [0.15, 0.2) is 11.5 Å². The fraction of sp³-hybridized carbons (Fsp3) is 0.136. The van der Waals surface area contributed by atoms with Crippen LogP contribution in [-0.2, 0) is 0 Å². The number of aryl methyl sites for hydroxylation is 1. The fourth-order valence-corrected chi connectivity index (χ4v) is 3.74. The molecule has 5 aromatic rings. The van der Waals surface area contributed by atoms with Crippen molar-refractivity contribution in [2.75, 3.05) is 11.1 Å². The highest BCUT2D eigenvalue weighted by atomic mass is 19.1. The number of nitrogens with zero attached hydrogens (tertiary/aromatic N) is 5. The van der Waals surface area contributed by atoms with E-state index >= 15 is 0 Å². The SMILES string of the molecule is Cc1ccccc1-n1c([C@H](C)Nc2nc(N)nc3[nH]cnc23)nc2ccc(F)cc2c1=O. The van der Waals surface area contributed by atoms with Gasteiger partial charge in [0.25, 0.3) is 5.56 Å². The Morgan fingerprint density at radius 3 is 2.78 bits per heavy atom. The van der Waals surface area contributed by atoms with Crippen LogP contribution in [0.25, 0.3) is 27.8 Å². The fourth-order valence-electron chi connectivity index (χ4n) is 3.74. The van der Waals surface area contributed by atoms with Gasteiger partial charge in [0, 0.05) is 0 Å². The Balaban J connectivity index is 1.73. The molecule has 0 radical (unpaired) electrons.